The number of hydrogen-bond acceptors (Lipinski definition) is 2. The molecule has 0 aliphatic carbocycles. The van der Waals surface area contributed by atoms with Crippen LogP contribution in [-0.4, -0.2) is 16.1 Å². The number of carbonyl (C=O) groups is 1. The van der Waals surface area contributed by atoms with Crippen molar-refractivity contribution in [1.82, 2.24) is 4.98 Å². The third-order valence-corrected chi connectivity index (χ3v) is 3.09. The van der Waals surface area contributed by atoms with Gasteiger partial charge in [0.25, 0.3) is 0 Å². The lowest BCUT2D eigenvalue weighted by Gasteiger charge is -2.05. The lowest BCUT2D eigenvalue weighted by Crippen LogP contribution is -1.98. The summed E-state index contributed by atoms with van der Waals surface area (Å²) < 4.78 is 14.0. The molecule has 20 heavy (non-hydrogen) atoms. The number of para-hydroxylation sites is 1. The maximum atomic E-state index is 14.0. The van der Waals surface area contributed by atoms with E-state index in [0.29, 0.717) is 11.3 Å². The molecule has 0 fully saturated rings. The average Bonchev–Trinajstić information content (AvgIpc) is 2.46. The predicted molar refractivity (Wildman–Crippen MR) is 74.1 cm³/mol. The maximum absolute atomic E-state index is 14.0. The van der Waals surface area contributed by atoms with E-state index in [1.807, 2.05) is 30.3 Å². The highest BCUT2D eigenvalue weighted by atomic mass is 19.1. The van der Waals surface area contributed by atoms with Crippen LogP contribution in [0.3, 0.4) is 0 Å². The van der Waals surface area contributed by atoms with Gasteiger partial charge in [-0.1, -0.05) is 24.3 Å². The second-order valence-corrected chi connectivity index (χ2v) is 4.39. The van der Waals surface area contributed by atoms with Crippen molar-refractivity contribution in [2.75, 3.05) is 0 Å². The number of hydrogen-bond donors (Lipinski definition) is 1. The minimum absolute atomic E-state index is 0.0768. The van der Waals surface area contributed by atoms with Gasteiger partial charge in [0, 0.05) is 10.9 Å². The summed E-state index contributed by atoms with van der Waals surface area (Å²) in [6.45, 7) is 0. The Bertz CT molecular complexity index is 814. The van der Waals surface area contributed by atoms with Gasteiger partial charge in [-0.3, -0.25) is 0 Å². The van der Waals surface area contributed by atoms with Crippen molar-refractivity contribution in [3.8, 4) is 11.3 Å². The number of rotatable bonds is 2. The van der Waals surface area contributed by atoms with Gasteiger partial charge in [-0.2, -0.15) is 0 Å². The number of aromatic carboxylic acids is 1. The average molecular weight is 267 g/mol. The maximum Gasteiger partial charge on any atom is 0.335 e. The molecule has 0 aliphatic heterocycles. The molecule has 1 heterocycles. The predicted octanol–water partition coefficient (Wildman–Crippen LogP) is 3.74. The molecular formula is C16H10FNO2. The zero-order valence-electron chi connectivity index (χ0n) is 10.4. The number of halogens is 1. The van der Waals surface area contributed by atoms with Gasteiger partial charge < -0.3 is 5.11 Å². The molecule has 0 saturated heterocycles. The van der Waals surface area contributed by atoms with Crippen LogP contribution in [0.15, 0.2) is 54.6 Å². The second kappa shape index (κ2) is 4.74. The quantitative estimate of drug-likeness (QED) is 0.769. The second-order valence-electron chi connectivity index (χ2n) is 4.39. The third kappa shape index (κ3) is 2.12. The number of benzene rings is 2. The lowest BCUT2D eigenvalue weighted by molar-refractivity contribution is 0.0696. The molecule has 0 atom stereocenters. The van der Waals surface area contributed by atoms with Crippen molar-refractivity contribution in [2.45, 2.75) is 0 Å². The molecule has 98 valence electrons. The Hall–Kier alpha value is -2.75. The fourth-order valence-corrected chi connectivity index (χ4v) is 2.07. The Morgan fingerprint density at radius 3 is 2.60 bits per heavy atom. The highest BCUT2D eigenvalue weighted by Gasteiger charge is 2.11. The first-order valence-electron chi connectivity index (χ1n) is 6.04. The van der Waals surface area contributed by atoms with Crippen LogP contribution in [-0.2, 0) is 0 Å². The summed E-state index contributed by atoms with van der Waals surface area (Å²) in [5.41, 5.74) is 1.47. The van der Waals surface area contributed by atoms with E-state index < -0.39 is 11.8 Å². The summed E-state index contributed by atoms with van der Waals surface area (Å²) in [6, 6.07) is 15.0. The van der Waals surface area contributed by atoms with Crippen LogP contribution < -0.4 is 0 Å². The van der Waals surface area contributed by atoms with E-state index in [1.165, 1.54) is 12.1 Å². The van der Waals surface area contributed by atoms with Crippen molar-refractivity contribution in [1.29, 1.82) is 0 Å². The first kappa shape index (κ1) is 12.3. The summed E-state index contributed by atoms with van der Waals surface area (Å²) in [7, 11) is 0. The van der Waals surface area contributed by atoms with E-state index in [4.69, 9.17) is 5.11 Å². The normalized spacial score (nSPS) is 10.7. The number of carboxylic acids is 1. The van der Waals surface area contributed by atoms with Crippen LogP contribution in [0.25, 0.3) is 22.2 Å². The van der Waals surface area contributed by atoms with Crippen LogP contribution in [0.1, 0.15) is 10.4 Å². The smallest absolute Gasteiger partial charge is 0.335 e. The van der Waals surface area contributed by atoms with E-state index in [0.717, 1.165) is 17.0 Å². The first-order valence-corrected chi connectivity index (χ1v) is 6.04. The molecule has 1 N–H and O–H groups in total. The van der Waals surface area contributed by atoms with Crippen molar-refractivity contribution in [3.63, 3.8) is 0 Å². The highest BCUT2D eigenvalue weighted by molar-refractivity contribution is 5.88. The van der Waals surface area contributed by atoms with Gasteiger partial charge in [0.2, 0.25) is 0 Å². The number of pyridine rings is 1. The summed E-state index contributed by atoms with van der Waals surface area (Å²) in [6.07, 6.45) is 0. The molecule has 0 bridgehead atoms. The van der Waals surface area contributed by atoms with Gasteiger partial charge in [0.05, 0.1) is 16.8 Å². The topological polar surface area (TPSA) is 50.2 Å². The molecule has 0 aliphatic rings. The van der Waals surface area contributed by atoms with Crippen molar-refractivity contribution in [3.05, 3.63) is 66.0 Å². The Morgan fingerprint density at radius 1 is 1.05 bits per heavy atom. The molecule has 0 amide bonds. The van der Waals surface area contributed by atoms with Gasteiger partial charge in [-0.25, -0.2) is 14.2 Å². The molecule has 4 heteroatoms. The molecule has 0 spiro atoms. The van der Waals surface area contributed by atoms with Gasteiger partial charge in [0.15, 0.2) is 0 Å². The van der Waals surface area contributed by atoms with Crippen LogP contribution in [0.5, 0.6) is 0 Å². The largest absolute Gasteiger partial charge is 0.478 e. The minimum atomic E-state index is -1.15. The van der Waals surface area contributed by atoms with Crippen LogP contribution in [0.2, 0.25) is 0 Å². The van der Waals surface area contributed by atoms with Crippen molar-refractivity contribution >= 4 is 16.9 Å². The SMILES string of the molecule is O=C(O)c1ccc(-c2ccc3ccccc3n2)c(F)c1. The van der Waals surface area contributed by atoms with Gasteiger partial charge >= 0.3 is 5.97 Å². The van der Waals surface area contributed by atoms with Crippen molar-refractivity contribution in [2.24, 2.45) is 0 Å². The standard InChI is InChI=1S/C16H10FNO2/c17-13-9-11(16(19)20)5-7-12(13)15-8-6-10-3-1-2-4-14(10)18-15/h1-9H,(H,19,20). The summed E-state index contributed by atoms with van der Waals surface area (Å²) in [5, 5.41) is 9.80. The number of nitrogens with zero attached hydrogens (tertiary/aromatic N) is 1. The van der Waals surface area contributed by atoms with Crippen LogP contribution >= 0.6 is 0 Å². The molecule has 3 nitrogen and oxygen atoms in total. The molecule has 1 aromatic heterocycles. The molecule has 2 aromatic carbocycles. The monoisotopic (exact) mass is 267 g/mol. The Kier molecular flexibility index (Phi) is 2.91. The van der Waals surface area contributed by atoms with Crippen LogP contribution in [0, 0.1) is 5.82 Å². The van der Waals surface area contributed by atoms with E-state index in [9.17, 15) is 9.18 Å². The Morgan fingerprint density at radius 2 is 1.85 bits per heavy atom. The number of aromatic nitrogens is 1. The minimum Gasteiger partial charge on any atom is -0.478 e. The summed E-state index contributed by atoms with van der Waals surface area (Å²) in [5.74, 6) is -1.74. The fourth-order valence-electron chi connectivity index (χ4n) is 2.07. The molecule has 3 rings (SSSR count). The fraction of sp³-hybridized carbons (Fsp3) is 0. The number of carboxylic acid groups (broad SMARTS) is 1. The lowest BCUT2D eigenvalue weighted by atomic mass is 10.1. The van der Waals surface area contributed by atoms with Gasteiger partial charge in [-0.15, -0.1) is 0 Å². The molecule has 0 radical (unpaired) electrons. The highest BCUT2D eigenvalue weighted by Crippen LogP contribution is 2.24. The Labute approximate surface area is 114 Å². The van der Waals surface area contributed by atoms with Crippen molar-refractivity contribution < 1.29 is 14.3 Å². The zero-order chi connectivity index (χ0) is 14.1. The van der Waals surface area contributed by atoms with E-state index in [-0.39, 0.29) is 5.56 Å². The van der Waals surface area contributed by atoms with E-state index in [2.05, 4.69) is 4.98 Å². The Balaban J connectivity index is 2.13. The van der Waals surface area contributed by atoms with E-state index in [1.54, 1.807) is 6.07 Å². The molecular weight excluding hydrogens is 257 g/mol. The summed E-state index contributed by atoms with van der Waals surface area (Å²) in [4.78, 5) is 15.2. The zero-order valence-corrected chi connectivity index (χ0v) is 10.4. The van der Waals surface area contributed by atoms with Gasteiger partial charge in [-0.05, 0) is 30.3 Å². The number of fused-ring (bicyclic) bond motifs is 1. The van der Waals surface area contributed by atoms with E-state index >= 15 is 0 Å². The third-order valence-electron chi connectivity index (χ3n) is 3.09. The van der Waals surface area contributed by atoms with Gasteiger partial charge in [0.1, 0.15) is 5.82 Å². The first-order chi connectivity index (χ1) is 9.65. The molecule has 0 unspecified atom stereocenters. The molecule has 3 aromatic rings. The van der Waals surface area contributed by atoms with Crippen LogP contribution in [0.4, 0.5) is 4.39 Å². The summed E-state index contributed by atoms with van der Waals surface area (Å²) >= 11 is 0. The molecule has 0 saturated carbocycles.